The zero-order valence-electron chi connectivity index (χ0n) is 11.5. The molecule has 6 nitrogen and oxygen atoms in total. The second-order valence-electron chi connectivity index (χ2n) is 4.31. The molecule has 0 saturated carbocycles. The van der Waals surface area contributed by atoms with E-state index in [2.05, 4.69) is 4.74 Å². The number of methoxy groups -OCH3 is 1. The second-order valence-corrected chi connectivity index (χ2v) is 5.34. The number of hydrogen-bond donors (Lipinski definition) is 0. The molecule has 19 heavy (non-hydrogen) atoms. The molecule has 0 aliphatic heterocycles. The average Bonchev–Trinajstić information content (AvgIpc) is 2.40. The third-order valence-electron chi connectivity index (χ3n) is 2.85. The molecule has 1 rings (SSSR count). The number of carbonyl (C=O) groups is 1. The summed E-state index contributed by atoms with van der Waals surface area (Å²) in [7, 11) is 4.43. The number of ether oxygens (including phenoxy) is 1. The number of hydrogen-bond acceptors (Lipinski definition) is 5. The van der Waals surface area contributed by atoms with Crippen LogP contribution < -0.4 is 11.2 Å². The lowest BCUT2D eigenvalue weighted by atomic mass is 10.2. The minimum absolute atomic E-state index is 0.210. The van der Waals surface area contributed by atoms with Crippen molar-refractivity contribution >= 4 is 17.7 Å². The molecular formula is C12H18N2O4S. The molecule has 0 bridgehead atoms. The third kappa shape index (κ3) is 3.73. The van der Waals surface area contributed by atoms with Gasteiger partial charge in [0, 0.05) is 37.4 Å². The van der Waals surface area contributed by atoms with Gasteiger partial charge in [0.25, 0.3) is 5.56 Å². The average molecular weight is 286 g/mol. The zero-order chi connectivity index (χ0) is 14.6. The summed E-state index contributed by atoms with van der Waals surface area (Å²) in [6.45, 7) is 1.78. The molecule has 1 aromatic heterocycles. The minimum atomic E-state index is -0.343. The van der Waals surface area contributed by atoms with E-state index in [1.807, 2.05) is 0 Å². The largest absolute Gasteiger partial charge is 0.469 e. The van der Waals surface area contributed by atoms with Crippen molar-refractivity contribution in [2.75, 3.05) is 12.9 Å². The van der Waals surface area contributed by atoms with Crippen LogP contribution in [0.1, 0.15) is 12.6 Å². The van der Waals surface area contributed by atoms with Gasteiger partial charge in [-0.3, -0.25) is 18.7 Å². The van der Waals surface area contributed by atoms with E-state index in [-0.39, 0.29) is 23.1 Å². The van der Waals surface area contributed by atoms with Gasteiger partial charge in [0.1, 0.15) is 0 Å². The number of aromatic nitrogens is 2. The van der Waals surface area contributed by atoms with Crippen molar-refractivity contribution in [3.63, 3.8) is 0 Å². The SMILES string of the molecule is COC(=O)C(C)CSCc1cc(=O)n(C)c(=O)n1C. The lowest BCUT2D eigenvalue weighted by molar-refractivity contribution is -0.143. The first-order valence-corrected chi connectivity index (χ1v) is 6.95. The van der Waals surface area contributed by atoms with Crippen LogP contribution >= 0.6 is 11.8 Å². The molecule has 0 amide bonds. The molecule has 0 N–H and O–H groups in total. The van der Waals surface area contributed by atoms with E-state index in [0.717, 1.165) is 4.57 Å². The fraction of sp³-hybridized carbons (Fsp3) is 0.583. The highest BCUT2D eigenvalue weighted by Gasteiger charge is 2.13. The smallest absolute Gasteiger partial charge is 0.330 e. The van der Waals surface area contributed by atoms with E-state index in [1.54, 1.807) is 14.0 Å². The van der Waals surface area contributed by atoms with Crippen molar-refractivity contribution in [1.82, 2.24) is 9.13 Å². The molecule has 7 heteroatoms. The Balaban J connectivity index is 2.72. The maximum atomic E-state index is 11.7. The molecule has 1 heterocycles. The van der Waals surface area contributed by atoms with Crippen LogP contribution in [-0.2, 0) is 29.4 Å². The molecule has 0 saturated heterocycles. The van der Waals surface area contributed by atoms with Crippen molar-refractivity contribution in [1.29, 1.82) is 0 Å². The van der Waals surface area contributed by atoms with Gasteiger partial charge >= 0.3 is 11.7 Å². The number of rotatable bonds is 5. The van der Waals surface area contributed by atoms with Crippen LogP contribution in [0.4, 0.5) is 0 Å². The summed E-state index contributed by atoms with van der Waals surface area (Å²) in [4.78, 5) is 34.5. The monoisotopic (exact) mass is 286 g/mol. The van der Waals surface area contributed by atoms with E-state index >= 15 is 0 Å². The van der Waals surface area contributed by atoms with E-state index in [1.165, 1.54) is 36.6 Å². The van der Waals surface area contributed by atoms with Crippen LogP contribution in [0.15, 0.2) is 15.7 Å². The highest BCUT2D eigenvalue weighted by atomic mass is 32.2. The number of esters is 1. The normalized spacial score (nSPS) is 12.2. The Morgan fingerprint density at radius 3 is 2.58 bits per heavy atom. The fourth-order valence-electron chi connectivity index (χ4n) is 1.53. The highest BCUT2D eigenvalue weighted by molar-refractivity contribution is 7.98. The summed E-state index contributed by atoms with van der Waals surface area (Å²) >= 11 is 1.49. The highest BCUT2D eigenvalue weighted by Crippen LogP contribution is 2.14. The molecule has 0 aliphatic rings. The Morgan fingerprint density at radius 1 is 1.37 bits per heavy atom. The van der Waals surface area contributed by atoms with Crippen LogP contribution in [0.5, 0.6) is 0 Å². The molecule has 0 radical (unpaired) electrons. The quantitative estimate of drug-likeness (QED) is 0.719. The fourth-order valence-corrected chi connectivity index (χ4v) is 2.62. The van der Waals surface area contributed by atoms with Crippen molar-refractivity contribution in [2.45, 2.75) is 12.7 Å². The third-order valence-corrected chi connectivity index (χ3v) is 4.08. The predicted octanol–water partition coefficient (Wildman–Crippen LogP) is 0.126. The first kappa shape index (κ1) is 15.6. The van der Waals surface area contributed by atoms with Gasteiger partial charge in [0.2, 0.25) is 0 Å². The van der Waals surface area contributed by atoms with Gasteiger partial charge in [-0.15, -0.1) is 0 Å². The van der Waals surface area contributed by atoms with Gasteiger partial charge in [-0.25, -0.2) is 4.79 Å². The van der Waals surface area contributed by atoms with Gasteiger partial charge in [0.05, 0.1) is 13.0 Å². The molecule has 106 valence electrons. The molecule has 1 atom stereocenters. The summed E-state index contributed by atoms with van der Waals surface area (Å²) in [6.07, 6.45) is 0. The van der Waals surface area contributed by atoms with Crippen LogP contribution in [-0.4, -0.2) is 28.0 Å². The molecule has 0 aromatic carbocycles. The summed E-state index contributed by atoms with van der Waals surface area (Å²) in [5.41, 5.74) is -0.0148. The standard InChI is InChI=1S/C12H18N2O4S/c1-8(11(16)18-4)6-19-7-9-5-10(15)14(3)12(17)13(9)2/h5,8H,6-7H2,1-4H3. The Labute approximate surface area is 115 Å². The molecule has 0 aliphatic carbocycles. The lowest BCUT2D eigenvalue weighted by Gasteiger charge is -2.11. The molecule has 0 spiro atoms. The van der Waals surface area contributed by atoms with Crippen LogP contribution in [0, 0.1) is 5.92 Å². The summed E-state index contributed by atoms with van der Waals surface area (Å²) in [5, 5.41) is 0. The Bertz CT molecular complexity index is 576. The summed E-state index contributed by atoms with van der Waals surface area (Å²) in [5.74, 6) is 0.614. The van der Waals surface area contributed by atoms with Gasteiger partial charge < -0.3 is 4.74 Å². The zero-order valence-corrected chi connectivity index (χ0v) is 12.3. The Kier molecular flexibility index (Phi) is 5.41. The van der Waals surface area contributed by atoms with Gasteiger partial charge in [0.15, 0.2) is 0 Å². The van der Waals surface area contributed by atoms with Crippen molar-refractivity contribution in [3.8, 4) is 0 Å². The van der Waals surface area contributed by atoms with Crippen LogP contribution in [0.2, 0.25) is 0 Å². The van der Waals surface area contributed by atoms with E-state index in [9.17, 15) is 14.4 Å². The summed E-state index contributed by atoms with van der Waals surface area (Å²) in [6, 6.07) is 1.44. The number of nitrogens with zero attached hydrogens (tertiary/aromatic N) is 2. The van der Waals surface area contributed by atoms with Crippen molar-refractivity contribution in [2.24, 2.45) is 20.0 Å². The van der Waals surface area contributed by atoms with Gasteiger partial charge in [-0.05, 0) is 0 Å². The lowest BCUT2D eigenvalue weighted by Crippen LogP contribution is -2.37. The van der Waals surface area contributed by atoms with E-state index in [4.69, 9.17) is 0 Å². The van der Waals surface area contributed by atoms with E-state index in [0.29, 0.717) is 17.2 Å². The molecule has 0 fully saturated rings. The van der Waals surface area contributed by atoms with Crippen molar-refractivity contribution in [3.05, 3.63) is 32.6 Å². The molecule has 1 aromatic rings. The van der Waals surface area contributed by atoms with Crippen LogP contribution in [0.3, 0.4) is 0 Å². The minimum Gasteiger partial charge on any atom is -0.469 e. The first-order valence-electron chi connectivity index (χ1n) is 5.80. The van der Waals surface area contributed by atoms with E-state index < -0.39 is 0 Å². The topological polar surface area (TPSA) is 70.3 Å². The second kappa shape index (κ2) is 6.60. The Hall–Kier alpha value is -1.50. The summed E-state index contributed by atoms with van der Waals surface area (Å²) < 4.78 is 7.13. The maximum Gasteiger partial charge on any atom is 0.330 e. The van der Waals surface area contributed by atoms with Gasteiger partial charge in [-0.1, -0.05) is 6.92 Å². The molecule has 1 unspecified atom stereocenters. The van der Waals surface area contributed by atoms with Crippen LogP contribution in [0.25, 0.3) is 0 Å². The first-order chi connectivity index (χ1) is 8.88. The van der Waals surface area contributed by atoms with Crippen molar-refractivity contribution < 1.29 is 9.53 Å². The maximum absolute atomic E-state index is 11.7. The number of thioether (sulfide) groups is 1. The number of carbonyl (C=O) groups excluding carboxylic acids is 1. The predicted molar refractivity (Wildman–Crippen MR) is 74.3 cm³/mol. The van der Waals surface area contributed by atoms with Gasteiger partial charge in [-0.2, -0.15) is 11.8 Å². The molecular weight excluding hydrogens is 268 g/mol. The Morgan fingerprint density at radius 2 is 2.00 bits per heavy atom.